The highest BCUT2D eigenvalue weighted by molar-refractivity contribution is 6.30. The summed E-state index contributed by atoms with van der Waals surface area (Å²) in [5.41, 5.74) is 3.52. The number of halogens is 1. The van der Waals surface area contributed by atoms with E-state index in [-0.39, 0.29) is 5.84 Å². The van der Waals surface area contributed by atoms with E-state index < -0.39 is 6.04 Å². The fraction of sp³-hybridized carbons (Fsp3) is 0.133. The Balaban J connectivity index is 2.21. The van der Waals surface area contributed by atoms with Gasteiger partial charge in [0.05, 0.1) is 6.54 Å². The van der Waals surface area contributed by atoms with Gasteiger partial charge in [-0.3, -0.25) is 15.7 Å². The van der Waals surface area contributed by atoms with Crippen molar-refractivity contribution in [2.24, 2.45) is 10.2 Å². The number of nitrogens with one attached hydrogen (secondary N) is 1. The summed E-state index contributed by atoms with van der Waals surface area (Å²) in [7, 11) is 0. The van der Waals surface area contributed by atoms with Crippen LogP contribution in [0.25, 0.3) is 0 Å². The van der Waals surface area contributed by atoms with Gasteiger partial charge in [-0.2, -0.15) is 0 Å². The Morgan fingerprint density at radius 2 is 1.81 bits per heavy atom. The molecule has 2 aromatic rings. The van der Waals surface area contributed by atoms with Gasteiger partial charge in [-0.1, -0.05) is 59.2 Å². The van der Waals surface area contributed by atoms with Crippen LogP contribution in [0.2, 0.25) is 5.02 Å². The van der Waals surface area contributed by atoms with Crippen molar-refractivity contribution in [3.05, 3.63) is 75.7 Å². The van der Waals surface area contributed by atoms with Crippen LogP contribution in [0, 0.1) is 4.91 Å². The Bertz CT molecular complexity index is 615. The smallest absolute Gasteiger partial charge is 0.176 e. The molecule has 0 bridgehead atoms. The second kappa shape index (κ2) is 7.52. The number of nitroso groups, excluding NO2 is 1. The lowest BCUT2D eigenvalue weighted by Gasteiger charge is -2.12. The van der Waals surface area contributed by atoms with Gasteiger partial charge in [-0.15, -0.1) is 4.91 Å². The highest BCUT2D eigenvalue weighted by Gasteiger charge is 2.18. The number of benzene rings is 2. The molecule has 0 saturated carbocycles. The minimum Gasteiger partial charge on any atom is -0.290 e. The highest BCUT2D eigenvalue weighted by atomic mass is 35.5. The molecule has 0 fully saturated rings. The van der Waals surface area contributed by atoms with Gasteiger partial charge < -0.3 is 0 Å². The number of amidine groups is 1. The molecular weight excluding hydrogens is 290 g/mol. The van der Waals surface area contributed by atoms with Gasteiger partial charge in [-0.05, 0) is 23.3 Å². The number of aliphatic imine (C=N–C) groups is 1. The summed E-state index contributed by atoms with van der Waals surface area (Å²) < 4.78 is 0. The molecule has 21 heavy (non-hydrogen) atoms. The fourth-order valence-corrected chi connectivity index (χ4v) is 1.98. The van der Waals surface area contributed by atoms with Crippen molar-refractivity contribution >= 4 is 17.4 Å². The molecule has 2 aromatic carbocycles. The molecule has 5 nitrogen and oxygen atoms in total. The lowest BCUT2D eigenvalue weighted by atomic mass is 10.1. The van der Waals surface area contributed by atoms with Crippen molar-refractivity contribution in [3.8, 4) is 0 Å². The van der Waals surface area contributed by atoms with E-state index in [1.165, 1.54) is 0 Å². The monoisotopic (exact) mass is 303 g/mol. The van der Waals surface area contributed by atoms with Gasteiger partial charge in [0.1, 0.15) is 0 Å². The van der Waals surface area contributed by atoms with Crippen LogP contribution in [-0.2, 0) is 6.54 Å². The Labute approximate surface area is 127 Å². The van der Waals surface area contributed by atoms with E-state index >= 15 is 0 Å². The number of hydroxylamine groups is 1. The van der Waals surface area contributed by atoms with Crippen LogP contribution in [0.15, 0.2) is 64.8 Å². The molecule has 0 saturated heterocycles. The maximum Gasteiger partial charge on any atom is 0.176 e. The molecule has 108 valence electrons. The van der Waals surface area contributed by atoms with E-state index in [1.807, 2.05) is 35.8 Å². The maximum atomic E-state index is 11.1. The average molecular weight is 304 g/mol. The first kappa shape index (κ1) is 15.2. The van der Waals surface area contributed by atoms with Crippen LogP contribution < -0.4 is 5.48 Å². The molecule has 0 radical (unpaired) electrons. The molecule has 0 aliphatic carbocycles. The molecule has 0 aliphatic heterocycles. The minimum absolute atomic E-state index is 0.0937. The molecule has 0 aromatic heterocycles. The van der Waals surface area contributed by atoms with Crippen LogP contribution >= 0.6 is 11.6 Å². The zero-order valence-corrected chi connectivity index (χ0v) is 11.9. The highest BCUT2D eigenvalue weighted by Crippen LogP contribution is 2.21. The van der Waals surface area contributed by atoms with E-state index in [2.05, 4.69) is 10.2 Å². The Morgan fingerprint density at radius 1 is 1.14 bits per heavy atom. The zero-order chi connectivity index (χ0) is 15.1. The molecular formula is C15H14ClN3O2. The normalized spacial score (nSPS) is 12.8. The Kier molecular flexibility index (Phi) is 5.43. The second-order valence-electron chi connectivity index (χ2n) is 4.36. The predicted octanol–water partition coefficient (Wildman–Crippen LogP) is 3.73. The molecule has 2 N–H and O–H groups in total. The third-order valence-corrected chi connectivity index (χ3v) is 3.19. The lowest BCUT2D eigenvalue weighted by Crippen LogP contribution is -2.25. The third-order valence-electron chi connectivity index (χ3n) is 2.94. The summed E-state index contributed by atoms with van der Waals surface area (Å²) in [6.07, 6.45) is 0. The standard InChI is InChI=1S/C15H14ClN3O2/c16-13-8-6-12(7-9-13)14(18-20)15(19-21)17-10-11-4-2-1-3-5-11/h1-9,14,21H,10H2,(H,17,19). The van der Waals surface area contributed by atoms with Crippen LogP contribution in [0.5, 0.6) is 0 Å². The van der Waals surface area contributed by atoms with Crippen LogP contribution in [0.4, 0.5) is 0 Å². The summed E-state index contributed by atoms with van der Waals surface area (Å²) in [5.74, 6) is 0.0937. The molecule has 0 heterocycles. The van der Waals surface area contributed by atoms with E-state index in [1.54, 1.807) is 24.3 Å². The van der Waals surface area contributed by atoms with Gasteiger partial charge in [0.25, 0.3) is 0 Å². The summed E-state index contributed by atoms with van der Waals surface area (Å²) in [6.45, 7) is 0.337. The van der Waals surface area contributed by atoms with Gasteiger partial charge in [0.2, 0.25) is 0 Å². The number of hydrogen-bond donors (Lipinski definition) is 2. The average Bonchev–Trinajstić information content (AvgIpc) is 2.53. The van der Waals surface area contributed by atoms with Crippen LogP contribution in [-0.4, -0.2) is 11.0 Å². The van der Waals surface area contributed by atoms with Gasteiger partial charge in [0, 0.05) is 5.02 Å². The topological polar surface area (TPSA) is 74.0 Å². The molecule has 1 atom stereocenters. The fourth-order valence-electron chi connectivity index (χ4n) is 1.86. The Morgan fingerprint density at radius 3 is 2.38 bits per heavy atom. The molecule has 0 spiro atoms. The lowest BCUT2D eigenvalue weighted by molar-refractivity contribution is 0.229. The number of nitrogens with zero attached hydrogens (tertiary/aromatic N) is 2. The van der Waals surface area contributed by atoms with Crippen LogP contribution in [0.1, 0.15) is 17.2 Å². The van der Waals surface area contributed by atoms with Crippen molar-refractivity contribution in [1.82, 2.24) is 5.48 Å². The predicted molar refractivity (Wildman–Crippen MR) is 82.5 cm³/mol. The van der Waals surface area contributed by atoms with Crippen molar-refractivity contribution in [2.45, 2.75) is 12.6 Å². The van der Waals surface area contributed by atoms with Gasteiger partial charge in [-0.25, -0.2) is 0 Å². The van der Waals surface area contributed by atoms with E-state index in [0.29, 0.717) is 17.1 Å². The van der Waals surface area contributed by atoms with E-state index in [9.17, 15) is 10.1 Å². The largest absolute Gasteiger partial charge is 0.290 e. The first-order valence-electron chi connectivity index (χ1n) is 6.31. The van der Waals surface area contributed by atoms with Crippen molar-refractivity contribution in [2.75, 3.05) is 0 Å². The number of rotatable bonds is 5. The van der Waals surface area contributed by atoms with E-state index in [0.717, 1.165) is 5.56 Å². The first-order chi connectivity index (χ1) is 10.2. The van der Waals surface area contributed by atoms with Crippen molar-refractivity contribution in [1.29, 1.82) is 0 Å². The van der Waals surface area contributed by atoms with Crippen molar-refractivity contribution in [3.63, 3.8) is 0 Å². The molecule has 2 rings (SSSR count). The first-order valence-corrected chi connectivity index (χ1v) is 6.68. The summed E-state index contributed by atoms with van der Waals surface area (Å²) in [6, 6.07) is 15.2. The summed E-state index contributed by atoms with van der Waals surface area (Å²) in [5, 5.41) is 12.8. The van der Waals surface area contributed by atoms with Gasteiger partial charge in [0.15, 0.2) is 11.9 Å². The second-order valence-corrected chi connectivity index (χ2v) is 4.79. The maximum absolute atomic E-state index is 11.1. The summed E-state index contributed by atoms with van der Waals surface area (Å²) in [4.78, 5) is 15.3. The zero-order valence-electron chi connectivity index (χ0n) is 11.1. The van der Waals surface area contributed by atoms with Crippen molar-refractivity contribution < 1.29 is 5.21 Å². The molecule has 6 heteroatoms. The quantitative estimate of drug-likeness (QED) is 0.382. The minimum atomic E-state index is -0.907. The SMILES string of the molecule is O=NC(C(=NCc1ccccc1)NO)c1ccc(Cl)cc1. The number of hydrogen-bond acceptors (Lipinski definition) is 4. The molecule has 1 unspecified atom stereocenters. The Hall–Kier alpha value is -2.24. The summed E-state index contributed by atoms with van der Waals surface area (Å²) >= 11 is 5.81. The molecule has 0 amide bonds. The van der Waals surface area contributed by atoms with E-state index in [4.69, 9.17) is 11.6 Å². The van der Waals surface area contributed by atoms with Crippen LogP contribution in [0.3, 0.4) is 0 Å². The molecule has 0 aliphatic rings. The third kappa shape index (κ3) is 4.11. The van der Waals surface area contributed by atoms with Gasteiger partial charge >= 0.3 is 0 Å².